The summed E-state index contributed by atoms with van der Waals surface area (Å²) in [6, 6.07) is 8.24. The lowest BCUT2D eigenvalue weighted by atomic mass is 10.1. The van der Waals surface area contributed by atoms with E-state index in [1.54, 1.807) is 0 Å². The van der Waals surface area contributed by atoms with Gasteiger partial charge < -0.3 is 10.1 Å². The monoisotopic (exact) mass is 276 g/mol. The van der Waals surface area contributed by atoms with Gasteiger partial charge in [0, 0.05) is 25.7 Å². The van der Waals surface area contributed by atoms with Crippen LogP contribution in [-0.4, -0.2) is 44.2 Å². The maximum absolute atomic E-state index is 5.99. The second kappa shape index (κ2) is 7.07. The highest BCUT2D eigenvalue weighted by molar-refractivity contribution is 6.32. The number of ether oxygens (including phenoxy) is 1. The van der Waals surface area contributed by atoms with Crippen molar-refractivity contribution in [1.82, 2.24) is 10.2 Å². The van der Waals surface area contributed by atoms with Gasteiger partial charge in [0.2, 0.25) is 0 Å². The van der Waals surface area contributed by atoms with Gasteiger partial charge in [-0.2, -0.15) is 0 Å². The van der Waals surface area contributed by atoms with Crippen LogP contribution in [0.25, 0.3) is 0 Å². The molecule has 0 aliphatic carbocycles. The van der Waals surface area contributed by atoms with E-state index < -0.39 is 0 Å². The number of nitrogens with one attached hydrogen (secondary N) is 1. The van der Waals surface area contributed by atoms with E-state index in [1.165, 1.54) is 0 Å². The molecule has 0 atom stereocenters. The molecule has 1 aromatic rings. The highest BCUT2D eigenvalue weighted by Crippen LogP contribution is 2.22. The maximum Gasteiger partial charge on any atom is 0.137 e. The van der Waals surface area contributed by atoms with Crippen molar-refractivity contribution >= 4 is 24.0 Å². The van der Waals surface area contributed by atoms with E-state index in [2.05, 4.69) is 17.3 Å². The lowest BCUT2D eigenvalue weighted by molar-refractivity contribution is 0.151. The minimum absolute atomic E-state index is 0. The van der Waals surface area contributed by atoms with Gasteiger partial charge in [0.05, 0.1) is 5.02 Å². The van der Waals surface area contributed by atoms with E-state index in [0.717, 1.165) is 25.4 Å². The predicted octanol–water partition coefficient (Wildman–Crippen LogP) is 2.04. The molecule has 17 heavy (non-hydrogen) atoms. The highest BCUT2D eigenvalue weighted by atomic mass is 35.5. The average Bonchev–Trinajstić information content (AvgIpc) is 2.18. The van der Waals surface area contributed by atoms with Crippen LogP contribution in [0.4, 0.5) is 0 Å². The first-order chi connectivity index (χ1) is 7.77. The molecule has 0 spiro atoms. The second-order valence-electron chi connectivity index (χ2n) is 4.07. The van der Waals surface area contributed by atoms with E-state index in [-0.39, 0.29) is 12.4 Å². The smallest absolute Gasteiger partial charge is 0.137 e. The summed E-state index contributed by atoms with van der Waals surface area (Å²) in [5, 5.41) is 3.93. The predicted molar refractivity (Wildman–Crippen MR) is 73.5 cm³/mol. The Balaban J connectivity index is 0.00000144. The van der Waals surface area contributed by atoms with E-state index in [4.69, 9.17) is 16.3 Å². The van der Waals surface area contributed by atoms with Crippen molar-refractivity contribution in [1.29, 1.82) is 0 Å². The van der Waals surface area contributed by atoms with E-state index >= 15 is 0 Å². The summed E-state index contributed by atoms with van der Waals surface area (Å²) in [5.41, 5.74) is 0. The molecule has 0 bridgehead atoms. The third-order valence-electron chi connectivity index (χ3n) is 2.92. The van der Waals surface area contributed by atoms with E-state index in [9.17, 15) is 0 Å². The Hall–Kier alpha value is -0.480. The molecule has 5 heteroatoms. The maximum atomic E-state index is 5.99. The van der Waals surface area contributed by atoms with Gasteiger partial charge in [-0.25, -0.2) is 0 Å². The van der Waals surface area contributed by atoms with Crippen LogP contribution in [0.1, 0.15) is 0 Å². The Morgan fingerprint density at radius 1 is 1.41 bits per heavy atom. The summed E-state index contributed by atoms with van der Waals surface area (Å²) in [6.07, 6.45) is 0. The molecule has 0 saturated carbocycles. The van der Waals surface area contributed by atoms with Gasteiger partial charge in [-0.3, -0.25) is 4.90 Å². The van der Waals surface area contributed by atoms with Crippen molar-refractivity contribution in [3.05, 3.63) is 29.3 Å². The lowest BCUT2D eigenvalue weighted by Gasteiger charge is -2.35. The first-order valence-corrected chi connectivity index (χ1v) is 5.93. The van der Waals surface area contributed by atoms with Crippen LogP contribution in [0.15, 0.2) is 24.3 Å². The quantitative estimate of drug-likeness (QED) is 0.891. The fourth-order valence-electron chi connectivity index (χ4n) is 1.63. The molecule has 1 aliphatic rings. The summed E-state index contributed by atoms with van der Waals surface area (Å²) in [5.74, 6) is 0.768. The molecule has 3 nitrogen and oxygen atoms in total. The largest absolute Gasteiger partial charge is 0.491 e. The van der Waals surface area contributed by atoms with Crippen LogP contribution in [0, 0.1) is 0 Å². The first kappa shape index (κ1) is 14.6. The molecular formula is C12H18Cl2N2O. The van der Waals surface area contributed by atoms with Crippen LogP contribution in [0.5, 0.6) is 5.75 Å². The van der Waals surface area contributed by atoms with Crippen LogP contribution < -0.4 is 10.1 Å². The summed E-state index contributed by atoms with van der Waals surface area (Å²) in [4.78, 5) is 2.31. The molecular weight excluding hydrogens is 259 g/mol. The Morgan fingerprint density at radius 2 is 2.12 bits per heavy atom. The van der Waals surface area contributed by atoms with Crippen LogP contribution in [-0.2, 0) is 0 Å². The Labute approximate surface area is 113 Å². The van der Waals surface area contributed by atoms with Gasteiger partial charge in [-0.15, -0.1) is 12.4 Å². The van der Waals surface area contributed by atoms with Crippen LogP contribution >= 0.6 is 24.0 Å². The highest BCUT2D eigenvalue weighted by Gasteiger charge is 2.20. The van der Waals surface area contributed by atoms with Crippen molar-refractivity contribution in [2.45, 2.75) is 6.04 Å². The summed E-state index contributed by atoms with van der Waals surface area (Å²) in [7, 11) is 2.13. The number of para-hydroxylation sites is 1. The third-order valence-corrected chi connectivity index (χ3v) is 3.23. The average molecular weight is 277 g/mol. The van der Waals surface area contributed by atoms with Crippen molar-refractivity contribution < 1.29 is 4.74 Å². The van der Waals surface area contributed by atoms with Gasteiger partial charge in [-0.05, 0) is 19.2 Å². The zero-order valence-electron chi connectivity index (χ0n) is 9.86. The summed E-state index contributed by atoms with van der Waals surface area (Å²) in [6.45, 7) is 3.78. The first-order valence-electron chi connectivity index (χ1n) is 5.55. The molecule has 0 unspecified atom stereocenters. The molecule has 0 amide bonds. The Kier molecular flexibility index (Phi) is 6.06. The standard InChI is InChI=1S/C12H17ClN2O.ClH/c1-15(10-8-14-9-10)6-7-16-12-5-3-2-4-11(12)13;/h2-5,10,14H,6-9H2,1H3;1H. The number of halogens is 2. The SMILES string of the molecule is CN(CCOc1ccccc1Cl)C1CNC1.Cl. The summed E-state index contributed by atoms with van der Waals surface area (Å²) < 4.78 is 5.63. The fourth-order valence-corrected chi connectivity index (χ4v) is 1.82. The molecule has 1 N–H and O–H groups in total. The van der Waals surface area contributed by atoms with Crippen molar-refractivity contribution in [2.75, 3.05) is 33.3 Å². The number of hydrogen-bond donors (Lipinski definition) is 1. The normalized spacial score (nSPS) is 15.2. The molecule has 1 fully saturated rings. The number of likely N-dealkylation sites (N-methyl/N-ethyl adjacent to an activating group) is 1. The fraction of sp³-hybridized carbons (Fsp3) is 0.500. The number of benzene rings is 1. The second-order valence-corrected chi connectivity index (χ2v) is 4.48. The van der Waals surface area contributed by atoms with Crippen LogP contribution in [0.3, 0.4) is 0 Å². The van der Waals surface area contributed by atoms with Crippen molar-refractivity contribution in [3.8, 4) is 5.75 Å². The van der Waals surface area contributed by atoms with E-state index in [1.807, 2.05) is 24.3 Å². The molecule has 0 aromatic heterocycles. The van der Waals surface area contributed by atoms with Gasteiger partial charge in [0.25, 0.3) is 0 Å². The lowest BCUT2D eigenvalue weighted by Crippen LogP contribution is -2.56. The zero-order valence-corrected chi connectivity index (χ0v) is 11.4. The molecule has 1 heterocycles. The Bertz CT molecular complexity index is 345. The number of nitrogens with zero attached hydrogens (tertiary/aromatic N) is 1. The van der Waals surface area contributed by atoms with Crippen molar-refractivity contribution in [3.63, 3.8) is 0 Å². The minimum atomic E-state index is 0. The zero-order chi connectivity index (χ0) is 11.4. The van der Waals surface area contributed by atoms with Gasteiger partial charge in [-0.1, -0.05) is 23.7 Å². The topological polar surface area (TPSA) is 24.5 Å². The molecule has 1 saturated heterocycles. The molecule has 2 rings (SSSR count). The van der Waals surface area contributed by atoms with Gasteiger partial charge >= 0.3 is 0 Å². The van der Waals surface area contributed by atoms with Gasteiger partial charge in [0.15, 0.2) is 0 Å². The molecule has 1 aromatic carbocycles. The van der Waals surface area contributed by atoms with Crippen LogP contribution in [0.2, 0.25) is 5.02 Å². The summed E-state index contributed by atoms with van der Waals surface area (Å²) >= 11 is 5.99. The van der Waals surface area contributed by atoms with E-state index in [0.29, 0.717) is 17.7 Å². The molecule has 1 aliphatic heterocycles. The third kappa shape index (κ3) is 4.03. The number of rotatable bonds is 5. The Morgan fingerprint density at radius 3 is 2.71 bits per heavy atom. The van der Waals surface area contributed by atoms with Crippen molar-refractivity contribution in [2.24, 2.45) is 0 Å². The molecule has 96 valence electrons. The molecule has 0 radical (unpaired) electrons. The minimum Gasteiger partial charge on any atom is -0.491 e. The van der Waals surface area contributed by atoms with Gasteiger partial charge in [0.1, 0.15) is 12.4 Å². The number of hydrogen-bond acceptors (Lipinski definition) is 3.